The van der Waals surface area contributed by atoms with Gasteiger partial charge in [0.05, 0.1) is 6.67 Å². The summed E-state index contributed by atoms with van der Waals surface area (Å²) < 4.78 is 55.0. The number of rotatable bonds is 5. The zero-order chi connectivity index (χ0) is 16.1. The number of alkyl halides is 4. The van der Waals surface area contributed by atoms with E-state index in [1.54, 1.807) is 24.3 Å². The Bertz CT molecular complexity index is 430. The molecule has 0 radical (unpaired) electrons. The topological polar surface area (TPSA) is 9.23 Å². The predicted octanol–water partition coefficient (Wildman–Crippen LogP) is 5.50. The first-order valence-electron chi connectivity index (χ1n) is 7.79. The second-order valence-corrected chi connectivity index (χ2v) is 6.01. The van der Waals surface area contributed by atoms with Crippen LogP contribution in [0.25, 0.3) is 0 Å². The van der Waals surface area contributed by atoms with Crippen LogP contribution in [0.15, 0.2) is 36.5 Å². The van der Waals surface area contributed by atoms with Crippen LogP contribution >= 0.6 is 0 Å². The van der Waals surface area contributed by atoms with E-state index in [2.05, 4.69) is 4.74 Å². The summed E-state index contributed by atoms with van der Waals surface area (Å²) in [6, 6.07) is 0. The van der Waals surface area contributed by atoms with Crippen molar-refractivity contribution >= 4 is 0 Å². The highest BCUT2D eigenvalue weighted by Crippen LogP contribution is 2.44. The van der Waals surface area contributed by atoms with Gasteiger partial charge in [-0.15, -0.1) is 13.2 Å². The van der Waals surface area contributed by atoms with Gasteiger partial charge in [-0.05, 0) is 50.4 Å². The van der Waals surface area contributed by atoms with E-state index in [0.717, 1.165) is 12.8 Å². The van der Waals surface area contributed by atoms with Crippen LogP contribution in [0.4, 0.5) is 17.6 Å². The summed E-state index contributed by atoms with van der Waals surface area (Å²) in [5, 5.41) is 0. The van der Waals surface area contributed by atoms with E-state index < -0.39 is 12.0 Å². The SMILES string of the molecule is FCCC=CC1CCC(C2(OC(F)(F)F)C=CC=CC2)CC1. The molecule has 0 saturated heterocycles. The van der Waals surface area contributed by atoms with E-state index in [-0.39, 0.29) is 19.0 Å². The van der Waals surface area contributed by atoms with Crippen molar-refractivity contribution in [2.24, 2.45) is 11.8 Å². The Morgan fingerprint density at radius 1 is 1.14 bits per heavy atom. The van der Waals surface area contributed by atoms with Crippen LogP contribution in [-0.2, 0) is 4.74 Å². The van der Waals surface area contributed by atoms with E-state index in [4.69, 9.17) is 0 Å². The zero-order valence-corrected chi connectivity index (χ0v) is 12.5. The minimum absolute atomic E-state index is 0.138. The third-order valence-electron chi connectivity index (χ3n) is 4.52. The van der Waals surface area contributed by atoms with Crippen molar-refractivity contribution in [1.29, 1.82) is 0 Å². The summed E-state index contributed by atoms with van der Waals surface area (Å²) in [7, 11) is 0. The lowest BCUT2D eigenvalue weighted by molar-refractivity contribution is -0.366. The highest BCUT2D eigenvalue weighted by atomic mass is 19.4. The molecule has 124 valence electrons. The van der Waals surface area contributed by atoms with Crippen molar-refractivity contribution in [2.75, 3.05) is 6.67 Å². The van der Waals surface area contributed by atoms with Crippen LogP contribution in [-0.4, -0.2) is 18.6 Å². The Kier molecular flexibility index (Phi) is 5.84. The Labute approximate surface area is 128 Å². The summed E-state index contributed by atoms with van der Waals surface area (Å²) in [5.41, 5.74) is -1.26. The first-order chi connectivity index (χ1) is 10.5. The minimum atomic E-state index is -4.63. The first-order valence-corrected chi connectivity index (χ1v) is 7.79. The molecule has 0 aromatic rings. The molecule has 0 bridgehead atoms. The first kappa shape index (κ1) is 17.3. The highest BCUT2D eigenvalue weighted by molar-refractivity contribution is 5.20. The monoisotopic (exact) mass is 318 g/mol. The van der Waals surface area contributed by atoms with Gasteiger partial charge in [0, 0.05) is 0 Å². The second-order valence-electron chi connectivity index (χ2n) is 6.01. The average molecular weight is 318 g/mol. The van der Waals surface area contributed by atoms with Crippen molar-refractivity contribution in [1.82, 2.24) is 0 Å². The molecule has 0 aromatic carbocycles. The van der Waals surface area contributed by atoms with E-state index in [9.17, 15) is 17.6 Å². The van der Waals surface area contributed by atoms with Crippen molar-refractivity contribution in [3.05, 3.63) is 36.5 Å². The fourth-order valence-corrected chi connectivity index (χ4v) is 3.45. The molecule has 0 heterocycles. The van der Waals surface area contributed by atoms with Gasteiger partial charge in [-0.1, -0.05) is 36.5 Å². The fraction of sp³-hybridized carbons (Fsp3) is 0.647. The number of hydrogen-bond donors (Lipinski definition) is 0. The molecule has 0 aliphatic heterocycles. The van der Waals surface area contributed by atoms with E-state index in [0.29, 0.717) is 25.2 Å². The van der Waals surface area contributed by atoms with Crippen LogP contribution in [0.3, 0.4) is 0 Å². The van der Waals surface area contributed by atoms with Gasteiger partial charge in [0.1, 0.15) is 5.60 Å². The lowest BCUT2D eigenvalue weighted by Gasteiger charge is -2.42. The largest absolute Gasteiger partial charge is 0.523 e. The Balaban J connectivity index is 1.99. The van der Waals surface area contributed by atoms with Crippen molar-refractivity contribution in [3.63, 3.8) is 0 Å². The van der Waals surface area contributed by atoms with Gasteiger partial charge >= 0.3 is 6.36 Å². The van der Waals surface area contributed by atoms with Gasteiger partial charge in [0.2, 0.25) is 0 Å². The van der Waals surface area contributed by atoms with Crippen LogP contribution in [0.5, 0.6) is 0 Å². The Morgan fingerprint density at radius 3 is 2.41 bits per heavy atom. The summed E-state index contributed by atoms with van der Waals surface area (Å²) >= 11 is 0. The maximum absolute atomic E-state index is 12.8. The lowest BCUT2D eigenvalue weighted by Crippen LogP contribution is -2.45. The molecule has 22 heavy (non-hydrogen) atoms. The molecule has 1 unspecified atom stereocenters. The third-order valence-corrected chi connectivity index (χ3v) is 4.52. The minimum Gasteiger partial charge on any atom is -0.280 e. The molecule has 5 heteroatoms. The quantitative estimate of drug-likeness (QED) is 0.480. The molecule has 1 nitrogen and oxygen atoms in total. The highest BCUT2D eigenvalue weighted by Gasteiger charge is 2.47. The molecular weight excluding hydrogens is 296 g/mol. The maximum Gasteiger partial charge on any atom is 0.523 e. The van der Waals surface area contributed by atoms with Crippen LogP contribution < -0.4 is 0 Å². The van der Waals surface area contributed by atoms with Crippen molar-refractivity contribution in [3.8, 4) is 0 Å². The van der Waals surface area contributed by atoms with Crippen molar-refractivity contribution in [2.45, 2.75) is 50.5 Å². The summed E-state index contributed by atoms with van der Waals surface area (Å²) in [6.45, 7) is -0.370. The number of halogens is 4. The molecule has 1 fully saturated rings. The van der Waals surface area contributed by atoms with E-state index >= 15 is 0 Å². The van der Waals surface area contributed by atoms with Gasteiger partial charge in [-0.3, -0.25) is 9.13 Å². The molecule has 0 amide bonds. The second kappa shape index (κ2) is 7.44. The normalized spacial score (nSPS) is 32.7. The predicted molar refractivity (Wildman–Crippen MR) is 77.9 cm³/mol. The van der Waals surface area contributed by atoms with Gasteiger partial charge in [-0.25, -0.2) is 0 Å². The standard InChI is InChI=1S/C17H22F4O/c18-13-5-2-6-14-7-9-15(10-8-14)16(22-17(19,20)21)11-3-1-4-12-16/h1-4,6,11,14-15H,5,7-10,12-13H2. The lowest BCUT2D eigenvalue weighted by atomic mass is 9.71. The van der Waals surface area contributed by atoms with E-state index in [1.807, 2.05) is 12.2 Å². The molecule has 0 spiro atoms. The zero-order valence-electron chi connectivity index (χ0n) is 12.5. The number of allylic oxidation sites excluding steroid dienone is 4. The summed E-state index contributed by atoms with van der Waals surface area (Å²) in [4.78, 5) is 0. The molecule has 1 atom stereocenters. The molecule has 2 rings (SSSR count). The third kappa shape index (κ3) is 4.70. The molecule has 1 saturated carbocycles. The summed E-state index contributed by atoms with van der Waals surface area (Å²) in [5.74, 6) is 0.204. The van der Waals surface area contributed by atoms with Crippen LogP contribution in [0, 0.1) is 11.8 Å². The van der Waals surface area contributed by atoms with Gasteiger partial charge in [0.25, 0.3) is 0 Å². The molecule has 0 N–H and O–H groups in total. The number of ether oxygens (including phenoxy) is 1. The Hall–Kier alpha value is -1.10. The molecule has 0 aromatic heterocycles. The van der Waals surface area contributed by atoms with Crippen molar-refractivity contribution < 1.29 is 22.3 Å². The smallest absolute Gasteiger partial charge is 0.280 e. The maximum atomic E-state index is 12.8. The molecular formula is C17H22F4O. The average Bonchev–Trinajstić information content (AvgIpc) is 2.47. The van der Waals surface area contributed by atoms with E-state index in [1.165, 1.54) is 0 Å². The van der Waals surface area contributed by atoms with Crippen LogP contribution in [0.1, 0.15) is 38.5 Å². The van der Waals surface area contributed by atoms with Crippen LogP contribution in [0.2, 0.25) is 0 Å². The van der Waals surface area contributed by atoms with Gasteiger partial charge in [-0.2, -0.15) is 0 Å². The summed E-state index contributed by atoms with van der Waals surface area (Å²) in [6.07, 6.45) is 9.60. The Morgan fingerprint density at radius 2 is 1.86 bits per heavy atom. The fourth-order valence-electron chi connectivity index (χ4n) is 3.45. The van der Waals surface area contributed by atoms with Gasteiger partial charge < -0.3 is 0 Å². The van der Waals surface area contributed by atoms with Gasteiger partial charge in [0.15, 0.2) is 0 Å². The molecule has 2 aliphatic rings. The number of hydrogen-bond acceptors (Lipinski definition) is 1. The molecule has 2 aliphatic carbocycles.